The third-order valence-electron chi connectivity index (χ3n) is 4.94. The van der Waals surface area contributed by atoms with Crippen LogP contribution in [0.25, 0.3) is 0 Å². The first-order valence-corrected chi connectivity index (χ1v) is 9.58. The van der Waals surface area contributed by atoms with E-state index >= 15 is 0 Å². The average molecular weight is 391 g/mol. The first kappa shape index (κ1) is 19.0. The van der Waals surface area contributed by atoms with Crippen LogP contribution in [0, 0.1) is 5.82 Å². The van der Waals surface area contributed by atoms with E-state index in [0.717, 1.165) is 38.5 Å². The molecule has 148 valence electrons. The zero-order valence-corrected chi connectivity index (χ0v) is 16.0. The fourth-order valence-electron chi connectivity index (χ4n) is 3.33. The molecule has 6 nitrogen and oxygen atoms in total. The maximum atomic E-state index is 13.7. The quantitative estimate of drug-likeness (QED) is 0.724. The SMILES string of the molecule is O=C(Nc1ccccc1F)c1cnc(N2CCN(Cc3ccccc3)CC2)cn1. The maximum Gasteiger partial charge on any atom is 0.275 e. The Morgan fingerprint density at radius 1 is 0.931 bits per heavy atom. The van der Waals surface area contributed by atoms with E-state index < -0.39 is 11.7 Å². The minimum Gasteiger partial charge on any atom is -0.353 e. The molecule has 1 aliphatic rings. The van der Waals surface area contributed by atoms with Gasteiger partial charge in [-0.1, -0.05) is 42.5 Å². The molecule has 0 bridgehead atoms. The molecule has 1 aliphatic heterocycles. The van der Waals surface area contributed by atoms with Crippen LogP contribution in [0.3, 0.4) is 0 Å². The maximum absolute atomic E-state index is 13.7. The Morgan fingerprint density at radius 3 is 2.34 bits per heavy atom. The summed E-state index contributed by atoms with van der Waals surface area (Å²) in [4.78, 5) is 25.4. The summed E-state index contributed by atoms with van der Waals surface area (Å²) in [5.74, 6) is -0.229. The largest absolute Gasteiger partial charge is 0.353 e. The highest BCUT2D eigenvalue weighted by atomic mass is 19.1. The van der Waals surface area contributed by atoms with Gasteiger partial charge >= 0.3 is 0 Å². The molecule has 0 radical (unpaired) electrons. The highest BCUT2D eigenvalue weighted by Crippen LogP contribution is 2.16. The van der Waals surface area contributed by atoms with Crippen LogP contribution in [0.5, 0.6) is 0 Å². The molecule has 0 spiro atoms. The van der Waals surface area contributed by atoms with Crippen molar-refractivity contribution in [3.05, 3.63) is 84.1 Å². The Bertz CT molecular complexity index is 956. The Labute approximate surface area is 169 Å². The average Bonchev–Trinajstić information content (AvgIpc) is 2.77. The van der Waals surface area contributed by atoms with Crippen LogP contribution < -0.4 is 10.2 Å². The second kappa shape index (κ2) is 8.79. The number of benzene rings is 2. The van der Waals surface area contributed by atoms with Crippen molar-refractivity contribution in [1.29, 1.82) is 0 Å². The van der Waals surface area contributed by atoms with Crippen molar-refractivity contribution in [1.82, 2.24) is 14.9 Å². The van der Waals surface area contributed by atoms with Crippen molar-refractivity contribution in [2.75, 3.05) is 36.4 Å². The number of nitrogens with one attached hydrogen (secondary N) is 1. The molecule has 1 aromatic heterocycles. The van der Waals surface area contributed by atoms with Crippen LogP contribution in [0.15, 0.2) is 67.0 Å². The van der Waals surface area contributed by atoms with Crippen molar-refractivity contribution in [3.8, 4) is 0 Å². The van der Waals surface area contributed by atoms with Gasteiger partial charge in [0.2, 0.25) is 0 Å². The lowest BCUT2D eigenvalue weighted by molar-refractivity contribution is 0.102. The first-order valence-electron chi connectivity index (χ1n) is 9.58. The molecule has 1 N–H and O–H groups in total. The number of hydrogen-bond donors (Lipinski definition) is 1. The van der Waals surface area contributed by atoms with E-state index in [0.29, 0.717) is 0 Å². The molecule has 4 rings (SSSR count). The lowest BCUT2D eigenvalue weighted by Gasteiger charge is -2.35. The normalized spacial score (nSPS) is 14.6. The van der Waals surface area contributed by atoms with Crippen molar-refractivity contribution in [2.24, 2.45) is 0 Å². The van der Waals surface area contributed by atoms with Gasteiger partial charge in [-0.05, 0) is 17.7 Å². The van der Waals surface area contributed by atoms with Gasteiger partial charge in [0.25, 0.3) is 5.91 Å². The Morgan fingerprint density at radius 2 is 1.66 bits per heavy atom. The van der Waals surface area contributed by atoms with E-state index in [4.69, 9.17) is 0 Å². The van der Waals surface area contributed by atoms with Crippen LogP contribution in [0.1, 0.15) is 16.1 Å². The van der Waals surface area contributed by atoms with Gasteiger partial charge in [-0.3, -0.25) is 9.69 Å². The van der Waals surface area contributed by atoms with Gasteiger partial charge in [0.15, 0.2) is 0 Å². The van der Waals surface area contributed by atoms with E-state index in [-0.39, 0.29) is 11.4 Å². The molecule has 1 fully saturated rings. The van der Waals surface area contributed by atoms with E-state index in [2.05, 4.69) is 49.4 Å². The van der Waals surface area contributed by atoms with Crippen molar-refractivity contribution in [3.63, 3.8) is 0 Å². The van der Waals surface area contributed by atoms with Gasteiger partial charge < -0.3 is 10.2 Å². The summed E-state index contributed by atoms with van der Waals surface area (Å²) >= 11 is 0. The van der Waals surface area contributed by atoms with Gasteiger partial charge in [0.1, 0.15) is 17.3 Å². The lowest BCUT2D eigenvalue weighted by atomic mass is 10.2. The molecule has 2 aromatic carbocycles. The summed E-state index contributed by atoms with van der Waals surface area (Å²) in [5.41, 5.74) is 1.59. The van der Waals surface area contributed by atoms with E-state index in [1.54, 1.807) is 18.3 Å². The monoisotopic (exact) mass is 391 g/mol. The first-order chi connectivity index (χ1) is 14.2. The molecular formula is C22H22FN5O. The number of amides is 1. The van der Waals surface area contributed by atoms with Crippen molar-refractivity contribution < 1.29 is 9.18 Å². The van der Waals surface area contributed by atoms with Gasteiger partial charge in [-0.2, -0.15) is 0 Å². The highest BCUT2D eigenvalue weighted by molar-refractivity contribution is 6.02. The third kappa shape index (κ3) is 4.75. The molecule has 1 saturated heterocycles. The second-order valence-corrected chi connectivity index (χ2v) is 6.94. The molecule has 0 unspecified atom stereocenters. The fourth-order valence-corrected chi connectivity index (χ4v) is 3.33. The number of carbonyl (C=O) groups excluding carboxylic acids is 1. The van der Waals surface area contributed by atoms with Crippen LogP contribution in [0.4, 0.5) is 15.9 Å². The highest BCUT2D eigenvalue weighted by Gasteiger charge is 2.19. The summed E-state index contributed by atoms with van der Waals surface area (Å²) in [6.45, 7) is 4.51. The molecule has 29 heavy (non-hydrogen) atoms. The van der Waals surface area contributed by atoms with Crippen molar-refractivity contribution in [2.45, 2.75) is 6.54 Å². The molecule has 2 heterocycles. The minimum absolute atomic E-state index is 0.123. The topological polar surface area (TPSA) is 61.4 Å². The third-order valence-corrected chi connectivity index (χ3v) is 4.94. The number of para-hydroxylation sites is 1. The lowest BCUT2D eigenvalue weighted by Crippen LogP contribution is -2.46. The Balaban J connectivity index is 1.33. The number of anilines is 2. The summed E-state index contributed by atoms with van der Waals surface area (Å²) in [6.07, 6.45) is 3.03. The van der Waals surface area contributed by atoms with Crippen LogP contribution in [-0.2, 0) is 6.54 Å². The van der Waals surface area contributed by atoms with Gasteiger partial charge in [-0.15, -0.1) is 0 Å². The fraction of sp³-hybridized carbons (Fsp3) is 0.227. The number of rotatable bonds is 5. The zero-order valence-electron chi connectivity index (χ0n) is 16.0. The Kier molecular flexibility index (Phi) is 5.76. The van der Waals surface area contributed by atoms with Crippen LogP contribution >= 0.6 is 0 Å². The minimum atomic E-state index is -0.487. The number of nitrogens with zero attached hydrogens (tertiary/aromatic N) is 4. The smallest absolute Gasteiger partial charge is 0.275 e. The summed E-state index contributed by atoms with van der Waals surface area (Å²) in [6, 6.07) is 16.5. The van der Waals surface area contributed by atoms with Gasteiger partial charge in [-0.25, -0.2) is 14.4 Å². The molecule has 0 saturated carbocycles. The van der Waals surface area contributed by atoms with Crippen LogP contribution in [0.2, 0.25) is 0 Å². The van der Waals surface area contributed by atoms with E-state index in [1.807, 2.05) is 6.07 Å². The number of halogens is 1. The van der Waals surface area contributed by atoms with Crippen LogP contribution in [-0.4, -0.2) is 47.0 Å². The van der Waals surface area contributed by atoms with E-state index in [9.17, 15) is 9.18 Å². The summed E-state index contributed by atoms with van der Waals surface area (Å²) < 4.78 is 13.7. The molecular weight excluding hydrogens is 369 g/mol. The summed E-state index contributed by atoms with van der Waals surface area (Å²) in [7, 11) is 0. The number of carbonyl (C=O) groups is 1. The molecule has 0 aliphatic carbocycles. The molecule has 7 heteroatoms. The number of piperazine rings is 1. The predicted octanol–water partition coefficient (Wildman–Crippen LogP) is 3.19. The molecule has 1 amide bonds. The van der Waals surface area contributed by atoms with Gasteiger partial charge in [0.05, 0.1) is 18.1 Å². The second-order valence-electron chi connectivity index (χ2n) is 6.94. The predicted molar refractivity (Wildman–Crippen MR) is 110 cm³/mol. The molecule has 3 aromatic rings. The standard InChI is InChI=1S/C22H22FN5O/c23-18-8-4-5-9-19(18)26-22(29)20-14-25-21(15-24-20)28-12-10-27(11-13-28)16-17-6-2-1-3-7-17/h1-9,14-15H,10-13,16H2,(H,26,29). The zero-order chi connectivity index (χ0) is 20.1. The number of aromatic nitrogens is 2. The summed E-state index contributed by atoms with van der Waals surface area (Å²) in [5, 5.41) is 2.52. The number of hydrogen-bond acceptors (Lipinski definition) is 5. The van der Waals surface area contributed by atoms with Gasteiger partial charge in [0, 0.05) is 32.7 Å². The Hall–Kier alpha value is -3.32. The van der Waals surface area contributed by atoms with E-state index in [1.165, 1.54) is 23.9 Å². The van der Waals surface area contributed by atoms with Crippen molar-refractivity contribution >= 4 is 17.4 Å². The molecule has 0 atom stereocenters.